The highest BCUT2D eigenvalue weighted by molar-refractivity contribution is 5.92. The van der Waals surface area contributed by atoms with Crippen LogP contribution >= 0.6 is 0 Å². The summed E-state index contributed by atoms with van der Waals surface area (Å²) in [6.07, 6.45) is 0. The molecule has 0 unspecified atom stereocenters. The van der Waals surface area contributed by atoms with E-state index in [2.05, 4.69) is 16.8 Å². The molecule has 0 fully saturated rings. The first kappa shape index (κ1) is 8.08. The molecule has 60 valence electrons. The lowest BCUT2D eigenvalue weighted by Gasteiger charge is -1.90. The van der Waals surface area contributed by atoms with Gasteiger partial charge in [-0.2, -0.15) is 0 Å². The fourth-order valence-corrected chi connectivity index (χ4v) is 0.647. The van der Waals surface area contributed by atoms with Crippen LogP contribution < -0.4 is 11.5 Å². The molecule has 4 N–H and O–H groups in total. The lowest BCUT2D eigenvalue weighted by Crippen LogP contribution is -2.06. The summed E-state index contributed by atoms with van der Waals surface area (Å²) in [6, 6.07) is 4.98. The van der Waals surface area contributed by atoms with E-state index >= 15 is 0 Å². The Labute approximate surface area is 69.6 Å². The fourth-order valence-electron chi connectivity index (χ4n) is 0.647. The molecular weight excluding hydrogens is 154 g/mol. The number of nitrogens with two attached hydrogens (primary N) is 2. The lowest BCUT2D eigenvalue weighted by atomic mass is 10.3. The van der Waals surface area contributed by atoms with E-state index in [-0.39, 0.29) is 0 Å². The number of aromatic nitrogens is 1. The molecule has 0 aromatic carbocycles. The Bertz CT molecular complexity index is 362. The van der Waals surface area contributed by atoms with Crippen LogP contribution in [0.3, 0.4) is 0 Å². The standard InChI is InChI=1S/C8H7N3O/c9-7-3-1-2-6(11-7)4-5-8(10)12/h1-3H,(H2,9,11)(H2,10,12). The minimum absolute atomic E-state index is 0.367. The normalized spacial score (nSPS) is 8.33. The number of hydrogen-bond acceptors (Lipinski definition) is 3. The Morgan fingerprint density at radius 3 is 2.83 bits per heavy atom. The predicted octanol–water partition coefficient (Wildman–Crippen LogP) is -0.499. The average Bonchev–Trinajstić information content (AvgIpc) is 2.01. The second-order valence-electron chi connectivity index (χ2n) is 2.06. The molecule has 4 heteroatoms. The Morgan fingerprint density at radius 2 is 2.25 bits per heavy atom. The first-order valence-electron chi connectivity index (χ1n) is 3.22. The van der Waals surface area contributed by atoms with Gasteiger partial charge >= 0.3 is 0 Å². The van der Waals surface area contributed by atoms with Crippen molar-refractivity contribution >= 4 is 11.7 Å². The van der Waals surface area contributed by atoms with Crippen LogP contribution in [0.4, 0.5) is 5.82 Å². The molecule has 0 aliphatic carbocycles. The third-order valence-corrected chi connectivity index (χ3v) is 1.08. The monoisotopic (exact) mass is 161 g/mol. The topological polar surface area (TPSA) is 82.0 Å². The van der Waals surface area contributed by atoms with Gasteiger partial charge in [0.25, 0.3) is 5.91 Å². The number of nitrogens with zero attached hydrogens (tertiary/aromatic N) is 1. The van der Waals surface area contributed by atoms with Gasteiger partial charge < -0.3 is 11.5 Å². The van der Waals surface area contributed by atoms with E-state index in [0.29, 0.717) is 11.5 Å². The summed E-state index contributed by atoms with van der Waals surface area (Å²) >= 11 is 0. The van der Waals surface area contributed by atoms with Gasteiger partial charge in [0.15, 0.2) is 0 Å². The van der Waals surface area contributed by atoms with Crippen molar-refractivity contribution in [3.63, 3.8) is 0 Å². The molecule has 0 radical (unpaired) electrons. The molecule has 0 aliphatic rings. The van der Waals surface area contributed by atoms with Crippen LogP contribution in [0.25, 0.3) is 0 Å². The van der Waals surface area contributed by atoms with Gasteiger partial charge in [0.2, 0.25) is 0 Å². The van der Waals surface area contributed by atoms with Gasteiger partial charge in [-0.3, -0.25) is 4.79 Å². The minimum Gasteiger partial charge on any atom is -0.384 e. The Kier molecular flexibility index (Phi) is 2.29. The second kappa shape index (κ2) is 3.39. The first-order chi connectivity index (χ1) is 5.68. The van der Waals surface area contributed by atoms with Crippen molar-refractivity contribution in [3.05, 3.63) is 23.9 Å². The second-order valence-corrected chi connectivity index (χ2v) is 2.06. The van der Waals surface area contributed by atoms with Gasteiger partial charge in [-0.1, -0.05) is 6.07 Å². The Balaban J connectivity index is 2.92. The van der Waals surface area contributed by atoms with Crippen molar-refractivity contribution < 1.29 is 4.79 Å². The zero-order chi connectivity index (χ0) is 8.97. The third kappa shape index (κ3) is 2.31. The number of carbonyl (C=O) groups excluding carboxylic acids is 1. The molecule has 1 rings (SSSR count). The molecular formula is C8H7N3O. The molecule has 1 aromatic heterocycles. The predicted molar refractivity (Wildman–Crippen MR) is 44.7 cm³/mol. The number of nitrogen functional groups attached to an aromatic ring is 1. The first-order valence-corrected chi connectivity index (χ1v) is 3.22. The summed E-state index contributed by atoms with van der Waals surface area (Å²) < 4.78 is 0. The third-order valence-electron chi connectivity index (χ3n) is 1.08. The van der Waals surface area contributed by atoms with Crippen molar-refractivity contribution in [3.8, 4) is 11.8 Å². The van der Waals surface area contributed by atoms with E-state index in [1.54, 1.807) is 18.2 Å². The summed E-state index contributed by atoms with van der Waals surface area (Å²) in [6.45, 7) is 0. The SMILES string of the molecule is NC(=O)C#Cc1cccc(N)n1. The molecule has 0 atom stereocenters. The summed E-state index contributed by atoms with van der Waals surface area (Å²) in [5.41, 5.74) is 10.6. The number of pyridine rings is 1. The quantitative estimate of drug-likeness (QED) is 0.503. The van der Waals surface area contributed by atoms with Crippen LogP contribution in [0.2, 0.25) is 0 Å². The minimum atomic E-state index is -0.681. The Morgan fingerprint density at radius 1 is 1.50 bits per heavy atom. The number of anilines is 1. The van der Waals surface area contributed by atoms with Crippen LogP contribution in [0.15, 0.2) is 18.2 Å². The van der Waals surface area contributed by atoms with Crippen molar-refractivity contribution in [2.75, 3.05) is 5.73 Å². The van der Waals surface area contributed by atoms with Gasteiger partial charge in [-0.05, 0) is 18.1 Å². The van der Waals surface area contributed by atoms with Gasteiger partial charge in [-0.25, -0.2) is 4.98 Å². The van der Waals surface area contributed by atoms with Crippen LogP contribution in [0, 0.1) is 11.8 Å². The van der Waals surface area contributed by atoms with Gasteiger partial charge in [0, 0.05) is 5.92 Å². The highest BCUT2D eigenvalue weighted by Gasteiger charge is 1.89. The highest BCUT2D eigenvalue weighted by Crippen LogP contribution is 1.97. The van der Waals surface area contributed by atoms with E-state index in [1.165, 1.54) is 0 Å². The summed E-state index contributed by atoms with van der Waals surface area (Å²) in [5.74, 6) is 4.31. The largest absolute Gasteiger partial charge is 0.384 e. The average molecular weight is 161 g/mol. The molecule has 4 nitrogen and oxygen atoms in total. The van der Waals surface area contributed by atoms with Crippen LogP contribution in [0.5, 0.6) is 0 Å². The smallest absolute Gasteiger partial charge is 0.293 e. The van der Waals surface area contributed by atoms with Crippen LogP contribution in [-0.2, 0) is 4.79 Å². The van der Waals surface area contributed by atoms with Crippen LogP contribution in [-0.4, -0.2) is 10.9 Å². The molecule has 1 aromatic rings. The molecule has 1 heterocycles. The maximum atomic E-state index is 10.2. The van der Waals surface area contributed by atoms with Crippen molar-refractivity contribution in [2.24, 2.45) is 5.73 Å². The van der Waals surface area contributed by atoms with Crippen molar-refractivity contribution in [1.82, 2.24) is 4.98 Å². The summed E-state index contributed by atoms with van der Waals surface area (Å²) in [4.78, 5) is 14.1. The van der Waals surface area contributed by atoms with E-state index in [0.717, 1.165) is 0 Å². The zero-order valence-corrected chi connectivity index (χ0v) is 6.24. The Hall–Kier alpha value is -2.02. The van der Waals surface area contributed by atoms with Gasteiger partial charge in [0.1, 0.15) is 11.5 Å². The van der Waals surface area contributed by atoms with Crippen molar-refractivity contribution in [1.29, 1.82) is 0 Å². The summed E-state index contributed by atoms with van der Waals surface area (Å²) in [5, 5.41) is 0. The highest BCUT2D eigenvalue weighted by atomic mass is 16.1. The zero-order valence-electron chi connectivity index (χ0n) is 6.24. The molecule has 0 aliphatic heterocycles. The maximum absolute atomic E-state index is 10.2. The van der Waals surface area contributed by atoms with E-state index < -0.39 is 5.91 Å². The number of hydrogen-bond donors (Lipinski definition) is 2. The molecule has 1 amide bonds. The maximum Gasteiger partial charge on any atom is 0.293 e. The number of primary amides is 1. The number of amides is 1. The van der Waals surface area contributed by atoms with Gasteiger partial charge in [0.05, 0.1) is 0 Å². The molecule has 0 bridgehead atoms. The van der Waals surface area contributed by atoms with Crippen LogP contribution in [0.1, 0.15) is 5.69 Å². The van der Waals surface area contributed by atoms with Gasteiger partial charge in [-0.15, -0.1) is 0 Å². The summed E-state index contributed by atoms with van der Waals surface area (Å²) in [7, 11) is 0. The van der Waals surface area contributed by atoms with E-state index in [9.17, 15) is 4.79 Å². The fraction of sp³-hybridized carbons (Fsp3) is 0. The lowest BCUT2D eigenvalue weighted by molar-refractivity contribution is -0.112. The van der Waals surface area contributed by atoms with E-state index in [4.69, 9.17) is 11.5 Å². The number of rotatable bonds is 0. The van der Waals surface area contributed by atoms with E-state index in [1.807, 2.05) is 0 Å². The molecule has 12 heavy (non-hydrogen) atoms. The molecule has 0 spiro atoms. The molecule has 0 saturated carbocycles. The number of carbonyl (C=O) groups is 1. The van der Waals surface area contributed by atoms with Crippen molar-refractivity contribution in [2.45, 2.75) is 0 Å². The molecule has 0 saturated heterocycles.